The van der Waals surface area contributed by atoms with Gasteiger partial charge in [0.2, 0.25) is 0 Å². The van der Waals surface area contributed by atoms with E-state index in [0.717, 1.165) is 50.1 Å². The molecule has 6 rings (SSSR count). The van der Waals surface area contributed by atoms with Crippen molar-refractivity contribution in [2.75, 3.05) is 0 Å². The lowest BCUT2D eigenvalue weighted by molar-refractivity contribution is 0.197. The van der Waals surface area contributed by atoms with Crippen LogP contribution in [0.1, 0.15) is 54.2 Å². The topological polar surface area (TPSA) is 44.8 Å². The van der Waals surface area contributed by atoms with Crippen molar-refractivity contribution in [1.29, 1.82) is 0 Å². The van der Waals surface area contributed by atoms with E-state index in [-0.39, 0.29) is 0 Å². The van der Waals surface area contributed by atoms with E-state index in [4.69, 9.17) is 13.6 Å². The average molecular weight is 675 g/mol. The number of hydrogen-bond acceptors (Lipinski definition) is 4. The Bertz CT molecular complexity index is 1770. The van der Waals surface area contributed by atoms with Crippen molar-refractivity contribution < 1.29 is 18.1 Å². The van der Waals surface area contributed by atoms with Gasteiger partial charge in [-0.2, -0.15) is 4.57 Å². The van der Waals surface area contributed by atoms with Crippen LogP contribution in [0.15, 0.2) is 199 Å². The van der Waals surface area contributed by atoms with Gasteiger partial charge in [0, 0.05) is 16.7 Å². The summed E-state index contributed by atoms with van der Waals surface area (Å²) in [5.41, 5.74) is 7.78. The fraction of sp³-hybridized carbons (Fsp3) is 0.0667. The minimum absolute atomic E-state index is 0.397. The molecule has 0 unspecified atom stereocenters. The molecule has 0 aliphatic rings. The summed E-state index contributed by atoms with van der Waals surface area (Å²) in [5, 5.41) is 0. The van der Waals surface area contributed by atoms with Gasteiger partial charge in [-0.05, 0) is 54.2 Å². The summed E-state index contributed by atoms with van der Waals surface area (Å²) in [6, 6.07) is 59.4. The smallest absolute Gasteiger partial charge is 0.390 e. The van der Waals surface area contributed by atoms with Crippen LogP contribution >= 0.6 is 7.82 Å². The molecule has 50 heavy (non-hydrogen) atoms. The van der Waals surface area contributed by atoms with Crippen molar-refractivity contribution >= 4 is 24.5 Å². The highest BCUT2D eigenvalue weighted by Gasteiger charge is 2.36. The Morgan fingerprint density at radius 2 is 0.480 bits per heavy atom. The molecule has 0 aliphatic carbocycles. The molecule has 0 N–H and O–H groups in total. The highest BCUT2D eigenvalue weighted by molar-refractivity contribution is 7.48. The minimum atomic E-state index is -4.45. The quantitative estimate of drug-likeness (QED) is 0.0957. The summed E-state index contributed by atoms with van der Waals surface area (Å²) in [4.78, 5) is 0. The third-order valence-electron chi connectivity index (χ3n) is 8.18. The molecule has 0 spiro atoms. The van der Waals surface area contributed by atoms with E-state index in [1.807, 2.05) is 182 Å². The second-order valence-electron chi connectivity index (χ2n) is 11.7. The van der Waals surface area contributed by atoms with E-state index < -0.39 is 7.82 Å². The largest absolute Gasteiger partial charge is 0.646 e. The zero-order valence-electron chi connectivity index (χ0n) is 28.4. The highest BCUT2D eigenvalue weighted by Crippen LogP contribution is 2.57. The number of phosphoric ester groups is 1. The number of allylic oxidation sites excluding steroid dienone is 3. The molecular formula is C45H39O4P. The van der Waals surface area contributed by atoms with E-state index in [2.05, 4.69) is 0 Å². The Kier molecular flexibility index (Phi) is 10.9. The maximum absolute atomic E-state index is 15.4. The Hall–Kier alpha value is -5.83. The fourth-order valence-corrected chi connectivity index (χ4v) is 7.44. The second-order valence-corrected chi connectivity index (χ2v) is 13.2. The molecule has 6 aromatic rings. The summed E-state index contributed by atoms with van der Waals surface area (Å²) in [5.74, 6) is 1.19. The lowest BCUT2D eigenvalue weighted by atomic mass is 9.97. The second kappa shape index (κ2) is 16.0. The molecule has 6 aromatic carbocycles. The SMILES string of the molecule is CC(OP(=O)(OC(C)=C(c1ccccc1)c1ccccc1)OC(C)=C(c1ccccc1)c1ccccc1)=C(c1ccccc1)c1ccccc1. The lowest BCUT2D eigenvalue weighted by Crippen LogP contribution is -2.04. The van der Waals surface area contributed by atoms with Gasteiger partial charge in [-0.1, -0.05) is 182 Å². The van der Waals surface area contributed by atoms with Crippen molar-refractivity contribution in [2.45, 2.75) is 20.8 Å². The van der Waals surface area contributed by atoms with E-state index in [1.54, 1.807) is 20.8 Å². The lowest BCUT2D eigenvalue weighted by Gasteiger charge is -2.25. The first-order valence-electron chi connectivity index (χ1n) is 16.6. The van der Waals surface area contributed by atoms with Crippen LogP contribution in [0.2, 0.25) is 0 Å². The summed E-state index contributed by atoms with van der Waals surface area (Å²) >= 11 is 0. The molecule has 0 atom stereocenters. The molecule has 0 amide bonds. The first-order chi connectivity index (χ1) is 24.4. The Labute approximate surface area is 295 Å². The predicted molar refractivity (Wildman–Crippen MR) is 205 cm³/mol. The molecule has 0 saturated carbocycles. The zero-order chi connectivity index (χ0) is 34.8. The monoisotopic (exact) mass is 674 g/mol. The third-order valence-corrected chi connectivity index (χ3v) is 9.67. The summed E-state index contributed by atoms with van der Waals surface area (Å²) in [6.07, 6.45) is 0. The van der Waals surface area contributed by atoms with E-state index in [0.29, 0.717) is 17.3 Å². The van der Waals surface area contributed by atoms with E-state index in [9.17, 15) is 0 Å². The normalized spacial score (nSPS) is 10.8. The summed E-state index contributed by atoms with van der Waals surface area (Å²) in [7, 11) is -4.45. The van der Waals surface area contributed by atoms with Gasteiger partial charge in [0.05, 0.1) is 0 Å². The molecular weight excluding hydrogens is 635 g/mol. The molecule has 4 nitrogen and oxygen atoms in total. The van der Waals surface area contributed by atoms with Crippen LogP contribution in [-0.4, -0.2) is 0 Å². The molecule has 0 aliphatic heterocycles. The Morgan fingerprint density at radius 1 is 0.320 bits per heavy atom. The summed E-state index contributed by atoms with van der Waals surface area (Å²) < 4.78 is 34.9. The van der Waals surface area contributed by atoms with Gasteiger partial charge in [0.25, 0.3) is 0 Å². The summed E-state index contributed by atoms with van der Waals surface area (Å²) in [6.45, 7) is 5.41. The average Bonchev–Trinajstić information content (AvgIpc) is 3.14. The number of benzene rings is 6. The van der Waals surface area contributed by atoms with Crippen LogP contribution < -0.4 is 0 Å². The van der Waals surface area contributed by atoms with Gasteiger partial charge in [0.1, 0.15) is 17.3 Å². The Morgan fingerprint density at radius 3 is 0.640 bits per heavy atom. The van der Waals surface area contributed by atoms with Gasteiger partial charge in [-0.3, -0.25) is 0 Å². The number of hydrogen-bond donors (Lipinski definition) is 0. The van der Waals surface area contributed by atoms with Crippen LogP contribution in [0.5, 0.6) is 0 Å². The van der Waals surface area contributed by atoms with Gasteiger partial charge < -0.3 is 13.6 Å². The van der Waals surface area contributed by atoms with E-state index in [1.165, 1.54) is 0 Å². The van der Waals surface area contributed by atoms with Crippen LogP contribution in [-0.2, 0) is 18.1 Å². The van der Waals surface area contributed by atoms with Crippen molar-refractivity contribution in [1.82, 2.24) is 0 Å². The molecule has 0 radical (unpaired) electrons. The van der Waals surface area contributed by atoms with Crippen molar-refractivity contribution in [3.8, 4) is 0 Å². The molecule has 0 bridgehead atoms. The highest BCUT2D eigenvalue weighted by atomic mass is 31.2. The number of rotatable bonds is 12. The molecule has 0 aromatic heterocycles. The fourth-order valence-electron chi connectivity index (χ4n) is 6.04. The third kappa shape index (κ3) is 8.23. The number of phosphoric acid groups is 1. The standard InChI is InChI=1S/C45H39O4P/c1-34(43(37-22-10-4-11-23-37)38-24-12-5-13-25-38)47-50(46,48-35(2)44(39-26-14-6-15-27-39)40-28-16-7-17-29-40)49-36(3)45(41-30-18-8-19-31-41)42-32-20-9-21-33-42/h4-33H,1-3H3. The van der Waals surface area contributed by atoms with Crippen molar-refractivity contribution in [2.24, 2.45) is 0 Å². The van der Waals surface area contributed by atoms with Gasteiger partial charge in [0.15, 0.2) is 0 Å². The van der Waals surface area contributed by atoms with Crippen LogP contribution in [0.3, 0.4) is 0 Å². The maximum Gasteiger partial charge on any atom is 0.646 e. The molecule has 0 fully saturated rings. The van der Waals surface area contributed by atoms with Crippen LogP contribution in [0.4, 0.5) is 0 Å². The molecule has 5 heteroatoms. The van der Waals surface area contributed by atoms with Crippen LogP contribution in [0.25, 0.3) is 16.7 Å². The van der Waals surface area contributed by atoms with Gasteiger partial charge in [-0.15, -0.1) is 0 Å². The predicted octanol–water partition coefficient (Wildman–Crippen LogP) is 12.6. The molecule has 0 saturated heterocycles. The van der Waals surface area contributed by atoms with Gasteiger partial charge >= 0.3 is 7.82 Å². The zero-order valence-corrected chi connectivity index (χ0v) is 29.3. The van der Waals surface area contributed by atoms with E-state index >= 15 is 4.57 Å². The van der Waals surface area contributed by atoms with Gasteiger partial charge in [-0.25, -0.2) is 0 Å². The van der Waals surface area contributed by atoms with Crippen LogP contribution in [0, 0.1) is 0 Å². The molecule has 248 valence electrons. The minimum Gasteiger partial charge on any atom is -0.390 e. The Balaban J connectivity index is 1.54. The van der Waals surface area contributed by atoms with Crippen molar-refractivity contribution in [3.63, 3.8) is 0 Å². The maximum atomic E-state index is 15.4. The molecule has 0 heterocycles. The first kappa shape index (κ1) is 34.0. The van der Waals surface area contributed by atoms with Crippen molar-refractivity contribution in [3.05, 3.63) is 233 Å². The first-order valence-corrected chi connectivity index (χ1v) is 18.0.